The van der Waals surface area contributed by atoms with Crippen LogP contribution >= 0.6 is 0 Å². The molecule has 0 fully saturated rings. The molecule has 4 aromatic heterocycles. The van der Waals surface area contributed by atoms with Crippen LogP contribution < -0.4 is 4.74 Å². The number of aromatic nitrogens is 6. The maximum Gasteiger partial charge on any atom is 0.161 e. The Hall–Kier alpha value is -5.37. The number of benzene rings is 3. The van der Waals surface area contributed by atoms with E-state index in [0.717, 1.165) is 50.2 Å². The van der Waals surface area contributed by atoms with Gasteiger partial charge in [-0.1, -0.05) is 54.6 Å². The quantitative estimate of drug-likeness (QED) is 0.252. The number of nitrogens with one attached hydrogen (secondary N) is 2. The minimum Gasteiger partial charge on any atom is -0.489 e. The van der Waals surface area contributed by atoms with Crippen LogP contribution in [0, 0.1) is 5.82 Å². The van der Waals surface area contributed by atoms with E-state index in [1.54, 1.807) is 24.5 Å². The normalized spacial score (nSPS) is 11.3. The number of imidazole rings is 1. The third-order valence-corrected chi connectivity index (χ3v) is 6.56. The van der Waals surface area contributed by atoms with Crippen LogP contribution in [-0.4, -0.2) is 30.1 Å². The Morgan fingerprint density at radius 2 is 1.62 bits per heavy atom. The predicted molar refractivity (Wildman–Crippen MR) is 148 cm³/mol. The van der Waals surface area contributed by atoms with Crippen LogP contribution in [0.15, 0.2) is 103 Å². The van der Waals surface area contributed by atoms with E-state index in [1.165, 1.54) is 12.1 Å². The van der Waals surface area contributed by atoms with Gasteiger partial charge < -0.3 is 9.72 Å². The first kappa shape index (κ1) is 22.8. The molecule has 7 aromatic rings. The highest BCUT2D eigenvalue weighted by Gasteiger charge is 2.17. The molecule has 3 aromatic carbocycles. The Morgan fingerprint density at radius 3 is 2.49 bits per heavy atom. The number of halogens is 1. The minimum atomic E-state index is -0.292. The summed E-state index contributed by atoms with van der Waals surface area (Å²) < 4.78 is 19.5. The van der Waals surface area contributed by atoms with E-state index in [4.69, 9.17) is 14.7 Å². The molecular formula is C31H21FN6O. The molecule has 0 saturated carbocycles. The van der Waals surface area contributed by atoms with Gasteiger partial charge in [0.15, 0.2) is 11.5 Å². The van der Waals surface area contributed by atoms with E-state index in [1.807, 2.05) is 66.7 Å². The highest BCUT2D eigenvalue weighted by Crippen LogP contribution is 2.32. The van der Waals surface area contributed by atoms with Gasteiger partial charge in [0.25, 0.3) is 0 Å². The molecule has 0 amide bonds. The summed E-state index contributed by atoms with van der Waals surface area (Å²) in [7, 11) is 0. The zero-order chi connectivity index (χ0) is 26.2. The summed E-state index contributed by atoms with van der Waals surface area (Å²) in [5, 5.41) is 7.57. The van der Waals surface area contributed by atoms with Crippen LogP contribution in [0.1, 0.15) is 5.56 Å². The van der Waals surface area contributed by atoms with Crippen LogP contribution in [0.3, 0.4) is 0 Å². The summed E-state index contributed by atoms with van der Waals surface area (Å²) in [6.07, 6.45) is 3.44. The zero-order valence-electron chi connectivity index (χ0n) is 20.6. The van der Waals surface area contributed by atoms with Crippen LogP contribution in [0.25, 0.3) is 56.0 Å². The first-order valence-corrected chi connectivity index (χ1v) is 12.4. The number of aromatic amines is 2. The molecule has 0 aliphatic rings. The van der Waals surface area contributed by atoms with Gasteiger partial charge in [-0.2, -0.15) is 5.10 Å². The summed E-state index contributed by atoms with van der Waals surface area (Å²) in [5.41, 5.74) is 8.02. The number of hydrogen-bond donors (Lipinski definition) is 2. The molecule has 8 heteroatoms. The molecule has 2 N–H and O–H groups in total. The molecule has 0 aliphatic carbocycles. The van der Waals surface area contributed by atoms with Crippen molar-refractivity contribution in [1.82, 2.24) is 30.1 Å². The lowest BCUT2D eigenvalue weighted by atomic mass is 10.1. The monoisotopic (exact) mass is 512 g/mol. The number of fused-ring (bicyclic) bond motifs is 2. The number of nitrogens with zero attached hydrogens (tertiary/aromatic N) is 4. The average Bonchev–Trinajstić information content (AvgIpc) is 3.61. The first-order chi connectivity index (χ1) is 19.2. The highest BCUT2D eigenvalue weighted by molar-refractivity contribution is 5.95. The number of pyridine rings is 2. The zero-order valence-corrected chi connectivity index (χ0v) is 20.6. The second-order valence-corrected chi connectivity index (χ2v) is 9.14. The van der Waals surface area contributed by atoms with Gasteiger partial charge in [0, 0.05) is 17.3 Å². The number of rotatable bonds is 6. The van der Waals surface area contributed by atoms with Crippen molar-refractivity contribution < 1.29 is 9.13 Å². The van der Waals surface area contributed by atoms with E-state index in [9.17, 15) is 4.39 Å². The van der Waals surface area contributed by atoms with Gasteiger partial charge in [-0.15, -0.1) is 0 Å². The Kier molecular flexibility index (Phi) is 5.55. The maximum atomic E-state index is 13.5. The van der Waals surface area contributed by atoms with Gasteiger partial charge in [0.2, 0.25) is 0 Å². The molecule has 0 atom stereocenters. The van der Waals surface area contributed by atoms with Crippen molar-refractivity contribution in [2.75, 3.05) is 0 Å². The minimum absolute atomic E-state index is 0.292. The fraction of sp³-hybridized carbons (Fsp3) is 0.0323. The molecule has 7 nitrogen and oxygen atoms in total. The summed E-state index contributed by atoms with van der Waals surface area (Å²) in [4.78, 5) is 17.4. The molecule has 0 radical (unpaired) electrons. The van der Waals surface area contributed by atoms with Crippen LogP contribution in [0.5, 0.6) is 5.75 Å². The number of hydrogen-bond acceptors (Lipinski definition) is 5. The SMILES string of the molecule is Fc1ccc(-c2cncc3[nH]c(-c4n[nH]c5ccc(-c6cccc(OCc7ccccc7)c6)nc45)nc23)cc1. The summed E-state index contributed by atoms with van der Waals surface area (Å²) in [6.45, 7) is 0.490. The van der Waals surface area contributed by atoms with Crippen molar-refractivity contribution in [1.29, 1.82) is 0 Å². The summed E-state index contributed by atoms with van der Waals surface area (Å²) >= 11 is 0. The third-order valence-electron chi connectivity index (χ3n) is 6.56. The van der Waals surface area contributed by atoms with Crippen molar-refractivity contribution in [2.45, 2.75) is 6.61 Å². The second kappa shape index (κ2) is 9.50. The van der Waals surface area contributed by atoms with Crippen LogP contribution in [0.2, 0.25) is 0 Å². The largest absolute Gasteiger partial charge is 0.489 e. The van der Waals surface area contributed by atoms with Crippen molar-refractivity contribution in [3.63, 3.8) is 0 Å². The first-order valence-electron chi connectivity index (χ1n) is 12.4. The Balaban J connectivity index is 1.24. The standard InChI is InChI=1S/C31H21FN6O/c32-22-11-9-20(10-12-22)24-16-33-17-27-28(24)36-31(35-27)30-29-26(37-38-30)14-13-25(34-29)21-7-4-8-23(15-21)39-18-19-5-2-1-3-6-19/h1-17H,18H2,(H,35,36)(H,37,38). The van der Waals surface area contributed by atoms with Crippen molar-refractivity contribution in [2.24, 2.45) is 0 Å². The molecule has 0 bridgehead atoms. The molecule has 0 unspecified atom stereocenters. The molecule has 39 heavy (non-hydrogen) atoms. The van der Waals surface area contributed by atoms with Crippen molar-refractivity contribution in [3.05, 3.63) is 115 Å². The van der Waals surface area contributed by atoms with Gasteiger partial charge in [0.1, 0.15) is 23.7 Å². The van der Waals surface area contributed by atoms with E-state index in [2.05, 4.69) is 20.2 Å². The van der Waals surface area contributed by atoms with E-state index in [-0.39, 0.29) is 5.82 Å². The maximum absolute atomic E-state index is 13.5. The Labute approximate surface area is 222 Å². The molecule has 4 heterocycles. The van der Waals surface area contributed by atoms with Gasteiger partial charge in [-0.25, -0.2) is 14.4 Å². The second-order valence-electron chi connectivity index (χ2n) is 9.14. The van der Waals surface area contributed by atoms with Gasteiger partial charge >= 0.3 is 0 Å². The molecule has 0 aliphatic heterocycles. The summed E-state index contributed by atoms with van der Waals surface area (Å²) in [5.74, 6) is 1.04. The van der Waals surface area contributed by atoms with Gasteiger partial charge in [-0.05, 0) is 47.5 Å². The Morgan fingerprint density at radius 1 is 0.744 bits per heavy atom. The van der Waals surface area contributed by atoms with Gasteiger partial charge in [-0.3, -0.25) is 10.1 Å². The number of H-pyrrole nitrogens is 2. The molecule has 7 rings (SSSR count). The fourth-order valence-corrected chi connectivity index (χ4v) is 4.60. The Bertz CT molecular complexity index is 1930. The van der Waals surface area contributed by atoms with Crippen LogP contribution in [0.4, 0.5) is 4.39 Å². The van der Waals surface area contributed by atoms with E-state index < -0.39 is 0 Å². The number of ether oxygens (including phenoxy) is 1. The van der Waals surface area contributed by atoms with E-state index in [0.29, 0.717) is 23.6 Å². The smallest absolute Gasteiger partial charge is 0.161 e. The van der Waals surface area contributed by atoms with Gasteiger partial charge in [0.05, 0.1) is 28.4 Å². The molecule has 188 valence electrons. The molecule has 0 saturated heterocycles. The topological polar surface area (TPSA) is 92.4 Å². The molecule has 0 spiro atoms. The van der Waals surface area contributed by atoms with Crippen molar-refractivity contribution >= 4 is 22.1 Å². The highest BCUT2D eigenvalue weighted by atomic mass is 19.1. The third kappa shape index (κ3) is 4.38. The summed E-state index contributed by atoms with van der Waals surface area (Å²) in [6, 6.07) is 28.2. The predicted octanol–water partition coefficient (Wildman–Crippen LogP) is 6.95. The lowest BCUT2D eigenvalue weighted by Crippen LogP contribution is -1.95. The molecular weight excluding hydrogens is 491 g/mol. The van der Waals surface area contributed by atoms with Crippen molar-refractivity contribution in [3.8, 4) is 39.7 Å². The fourth-order valence-electron chi connectivity index (χ4n) is 4.60. The lowest BCUT2D eigenvalue weighted by molar-refractivity contribution is 0.306. The average molecular weight is 513 g/mol. The van der Waals surface area contributed by atoms with Crippen LogP contribution in [-0.2, 0) is 6.61 Å². The van der Waals surface area contributed by atoms with E-state index >= 15 is 0 Å². The lowest BCUT2D eigenvalue weighted by Gasteiger charge is -2.08.